The van der Waals surface area contributed by atoms with Gasteiger partial charge in [0.25, 0.3) is 0 Å². The van der Waals surface area contributed by atoms with Crippen LogP contribution in [0.1, 0.15) is 187 Å². The molecule has 0 rings (SSSR count). The number of carbonyl (C=O) groups excluding carboxylic acids is 2. The zero-order valence-electron chi connectivity index (χ0n) is 35.0. The molecule has 1 unspecified atom stereocenters. The van der Waals surface area contributed by atoms with Gasteiger partial charge in [-0.1, -0.05) is 134 Å². The summed E-state index contributed by atoms with van der Waals surface area (Å²) >= 11 is 0. The molecule has 2 atom stereocenters. The van der Waals surface area contributed by atoms with Crippen molar-refractivity contribution < 1.29 is 42.1 Å². The number of allylic oxidation sites excluding steroid dienone is 4. The second-order valence-corrected chi connectivity index (χ2v) is 17.2. The maximum atomic E-state index is 12.7. The lowest BCUT2D eigenvalue weighted by Crippen LogP contribution is -2.37. The third kappa shape index (κ3) is 40.0. The van der Waals surface area contributed by atoms with Crippen molar-refractivity contribution in [3.63, 3.8) is 0 Å². The Labute approximate surface area is 326 Å². The van der Waals surface area contributed by atoms with Gasteiger partial charge in [0.05, 0.1) is 27.7 Å². The summed E-state index contributed by atoms with van der Waals surface area (Å²) in [4.78, 5) is 35.3. The molecule has 0 saturated carbocycles. The van der Waals surface area contributed by atoms with E-state index < -0.39 is 26.5 Å². The summed E-state index contributed by atoms with van der Waals surface area (Å²) < 4.78 is 34.2. The molecular weight excluding hydrogens is 689 g/mol. The lowest BCUT2D eigenvalue weighted by Gasteiger charge is -2.24. The molecule has 0 aromatic heterocycles. The van der Waals surface area contributed by atoms with E-state index in [0.29, 0.717) is 17.4 Å². The van der Waals surface area contributed by atoms with E-state index in [1.807, 2.05) is 21.1 Å². The van der Waals surface area contributed by atoms with Crippen LogP contribution in [0, 0.1) is 0 Å². The van der Waals surface area contributed by atoms with Crippen LogP contribution in [0.5, 0.6) is 0 Å². The molecule has 10 heteroatoms. The lowest BCUT2D eigenvalue weighted by atomic mass is 10.1. The number of hydrogen-bond donors (Lipinski definition) is 1. The fraction of sp³-hybridized carbons (Fsp3) is 0.860. The smallest absolute Gasteiger partial charge is 0.462 e. The largest absolute Gasteiger partial charge is 0.472 e. The first-order valence-electron chi connectivity index (χ1n) is 21.6. The van der Waals surface area contributed by atoms with E-state index in [4.69, 9.17) is 18.5 Å². The number of phosphoric acid groups is 1. The highest BCUT2D eigenvalue weighted by molar-refractivity contribution is 7.47. The molecule has 312 valence electrons. The molecule has 0 aromatic carbocycles. The van der Waals surface area contributed by atoms with E-state index in [0.717, 1.165) is 70.6 Å². The van der Waals surface area contributed by atoms with E-state index >= 15 is 0 Å². The molecule has 0 fully saturated rings. The van der Waals surface area contributed by atoms with Crippen molar-refractivity contribution >= 4 is 19.8 Å². The van der Waals surface area contributed by atoms with Crippen molar-refractivity contribution in [3.8, 4) is 0 Å². The molecule has 53 heavy (non-hydrogen) atoms. The van der Waals surface area contributed by atoms with E-state index in [1.54, 1.807) is 0 Å². The molecule has 0 bridgehead atoms. The standard InChI is InChI=1S/C43H82NO8P/c1-6-8-10-12-14-16-18-20-21-22-24-26-28-30-32-34-36-43(46)52-41(40-51-53(47,48)50-38-37-44(3,4)5)39-49-42(45)35-33-31-29-27-25-23-19-17-15-13-11-9-7-2/h17,19,21-22,41H,6-16,18,20,23-40H2,1-5H3/p+1/b19-17-,22-21-/t41-/m1/s1. The molecule has 0 aliphatic carbocycles. The highest BCUT2D eigenvalue weighted by Gasteiger charge is 2.27. The van der Waals surface area contributed by atoms with Crippen LogP contribution in [-0.4, -0.2) is 74.9 Å². The van der Waals surface area contributed by atoms with Gasteiger partial charge in [0, 0.05) is 12.8 Å². The van der Waals surface area contributed by atoms with Crippen LogP contribution in [0.3, 0.4) is 0 Å². The van der Waals surface area contributed by atoms with E-state index in [2.05, 4.69) is 38.2 Å². The van der Waals surface area contributed by atoms with Crippen LogP contribution >= 0.6 is 7.82 Å². The maximum Gasteiger partial charge on any atom is 0.472 e. The molecule has 0 aliphatic rings. The number of phosphoric ester groups is 1. The lowest BCUT2D eigenvalue weighted by molar-refractivity contribution is -0.870. The highest BCUT2D eigenvalue weighted by Crippen LogP contribution is 2.43. The first-order chi connectivity index (χ1) is 25.5. The van der Waals surface area contributed by atoms with Crippen molar-refractivity contribution in [3.05, 3.63) is 24.3 Å². The second kappa shape index (κ2) is 36.1. The Morgan fingerprint density at radius 2 is 0.962 bits per heavy atom. The summed E-state index contributed by atoms with van der Waals surface area (Å²) in [5, 5.41) is 0. The van der Waals surface area contributed by atoms with Gasteiger partial charge in [-0.05, 0) is 64.2 Å². The highest BCUT2D eigenvalue weighted by atomic mass is 31.2. The zero-order valence-corrected chi connectivity index (χ0v) is 35.9. The first-order valence-corrected chi connectivity index (χ1v) is 23.1. The van der Waals surface area contributed by atoms with Crippen molar-refractivity contribution in [2.45, 2.75) is 193 Å². The maximum absolute atomic E-state index is 12.7. The Bertz CT molecular complexity index is 964. The van der Waals surface area contributed by atoms with Crippen LogP contribution in [0.2, 0.25) is 0 Å². The quantitative estimate of drug-likeness (QED) is 0.0216. The topological polar surface area (TPSA) is 108 Å². The van der Waals surface area contributed by atoms with Crippen LogP contribution in [0.25, 0.3) is 0 Å². The number of nitrogens with zero attached hydrogens (tertiary/aromatic N) is 1. The minimum atomic E-state index is -4.37. The van der Waals surface area contributed by atoms with Gasteiger partial charge < -0.3 is 18.9 Å². The second-order valence-electron chi connectivity index (χ2n) is 15.7. The van der Waals surface area contributed by atoms with Crippen LogP contribution < -0.4 is 0 Å². The summed E-state index contributed by atoms with van der Waals surface area (Å²) in [5.41, 5.74) is 0. The SMILES string of the molecule is CCCCCC/C=C\CCCCCCCC(=O)OC[C@H](COP(=O)(O)OCC[N+](C)(C)C)OC(=O)CCCCCCC/C=C\CCCCCCCCC. The van der Waals surface area contributed by atoms with Crippen LogP contribution in [-0.2, 0) is 32.7 Å². The van der Waals surface area contributed by atoms with Crippen LogP contribution in [0.4, 0.5) is 0 Å². The molecule has 0 spiro atoms. The molecule has 0 heterocycles. The van der Waals surface area contributed by atoms with Crippen molar-refractivity contribution in [2.75, 3.05) is 47.5 Å². The van der Waals surface area contributed by atoms with Gasteiger partial charge >= 0.3 is 19.8 Å². The van der Waals surface area contributed by atoms with Gasteiger partial charge in [0.2, 0.25) is 0 Å². The van der Waals surface area contributed by atoms with E-state index in [-0.39, 0.29) is 32.0 Å². The molecule has 9 nitrogen and oxygen atoms in total. The Kier molecular flexibility index (Phi) is 35.1. The summed E-state index contributed by atoms with van der Waals surface area (Å²) in [6, 6.07) is 0. The number of carbonyl (C=O) groups is 2. The van der Waals surface area contributed by atoms with Gasteiger partial charge in [0.15, 0.2) is 6.10 Å². The molecule has 0 radical (unpaired) electrons. The van der Waals surface area contributed by atoms with Gasteiger partial charge in [0.1, 0.15) is 19.8 Å². The molecule has 0 aromatic rings. The van der Waals surface area contributed by atoms with E-state index in [9.17, 15) is 19.0 Å². The Balaban J connectivity index is 4.39. The Morgan fingerprint density at radius 3 is 1.42 bits per heavy atom. The monoisotopic (exact) mass is 773 g/mol. The molecule has 0 amide bonds. The number of unbranched alkanes of at least 4 members (excludes halogenated alkanes) is 21. The number of ether oxygens (including phenoxy) is 2. The number of hydrogen-bond acceptors (Lipinski definition) is 7. The predicted octanol–water partition coefficient (Wildman–Crippen LogP) is 12.0. The summed E-state index contributed by atoms with van der Waals surface area (Å²) in [6.07, 6.45) is 37.9. The summed E-state index contributed by atoms with van der Waals surface area (Å²) in [5.74, 6) is -0.816. The fourth-order valence-electron chi connectivity index (χ4n) is 5.77. The summed E-state index contributed by atoms with van der Waals surface area (Å²) in [7, 11) is 1.47. The molecule has 0 saturated heterocycles. The zero-order chi connectivity index (χ0) is 39.3. The normalized spacial score (nSPS) is 13.8. The van der Waals surface area contributed by atoms with Crippen LogP contribution in [0.15, 0.2) is 24.3 Å². The van der Waals surface area contributed by atoms with Gasteiger partial charge in [-0.15, -0.1) is 0 Å². The number of quaternary nitrogens is 1. The average Bonchev–Trinajstić information content (AvgIpc) is 3.10. The minimum absolute atomic E-state index is 0.0298. The molecule has 1 N–H and O–H groups in total. The third-order valence-electron chi connectivity index (χ3n) is 9.20. The number of esters is 2. The van der Waals surface area contributed by atoms with E-state index in [1.165, 1.54) is 83.5 Å². The number of likely N-dealkylation sites (N-methyl/N-ethyl adjacent to an activating group) is 1. The minimum Gasteiger partial charge on any atom is -0.462 e. The van der Waals surface area contributed by atoms with Crippen molar-refractivity contribution in [1.29, 1.82) is 0 Å². The average molecular weight is 773 g/mol. The van der Waals surface area contributed by atoms with Gasteiger partial charge in [-0.2, -0.15) is 0 Å². The van der Waals surface area contributed by atoms with Crippen molar-refractivity contribution in [2.24, 2.45) is 0 Å². The van der Waals surface area contributed by atoms with Crippen molar-refractivity contribution in [1.82, 2.24) is 0 Å². The first kappa shape index (κ1) is 51.5. The predicted molar refractivity (Wildman–Crippen MR) is 220 cm³/mol. The van der Waals surface area contributed by atoms with Gasteiger partial charge in [-0.3, -0.25) is 18.6 Å². The summed E-state index contributed by atoms with van der Waals surface area (Å²) in [6.45, 7) is 4.39. The molecule has 0 aliphatic heterocycles. The fourth-order valence-corrected chi connectivity index (χ4v) is 6.51. The number of rotatable bonds is 39. The van der Waals surface area contributed by atoms with Gasteiger partial charge in [-0.25, -0.2) is 4.57 Å². The third-order valence-corrected chi connectivity index (χ3v) is 10.2. The Morgan fingerprint density at radius 1 is 0.566 bits per heavy atom. The Hall–Kier alpha value is -1.51. The molecular formula is C43H83NO8P+.